The van der Waals surface area contributed by atoms with Gasteiger partial charge in [-0.25, -0.2) is 0 Å². The highest BCUT2D eigenvalue weighted by atomic mass is 16.2. The number of nitrogens with zero attached hydrogens (tertiary/aromatic N) is 2. The summed E-state index contributed by atoms with van der Waals surface area (Å²) in [5.41, 5.74) is 4.21. The van der Waals surface area contributed by atoms with E-state index in [0.29, 0.717) is 29.9 Å². The highest BCUT2D eigenvalue weighted by Crippen LogP contribution is 2.18. The third-order valence-corrected chi connectivity index (χ3v) is 6.22. The summed E-state index contributed by atoms with van der Waals surface area (Å²) in [6.45, 7) is 3.02. The zero-order valence-electron chi connectivity index (χ0n) is 22.1. The van der Waals surface area contributed by atoms with Gasteiger partial charge in [0.2, 0.25) is 5.91 Å². The maximum absolute atomic E-state index is 13.0. The summed E-state index contributed by atoms with van der Waals surface area (Å²) in [5, 5.41) is 5.91. The fourth-order valence-electron chi connectivity index (χ4n) is 4.20. The number of rotatable bonds is 10. The number of nitrogens with one attached hydrogen (secondary N) is 2. The summed E-state index contributed by atoms with van der Waals surface area (Å²) >= 11 is 0. The van der Waals surface area contributed by atoms with Crippen LogP contribution in [-0.4, -0.2) is 42.8 Å². The summed E-state index contributed by atoms with van der Waals surface area (Å²) in [6.07, 6.45) is 0. The second-order valence-corrected chi connectivity index (χ2v) is 9.09. The Labute approximate surface area is 229 Å². The van der Waals surface area contributed by atoms with Gasteiger partial charge in [0.25, 0.3) is 11.8 Å². The fraction of sp³-hybridized carbons (Fsp3) is 0.156. The molecule has 0 heterocycles. The van der Waals surface area contributed by atoms with E-state index in [1.807, 2.05) is 67.6 Å². The predicted octanol–water partition coefficient (Wildman–Crippen LogP) is 5.68. The first-order chi connectivity index (χ1) is 18.9. The van der Waals surface area contributed by atoms with Crippen LogP contribution in [0.25, 0.3) is 0 Å². The van der Waals surface area contributed by atoms with Gasteiger partial charge in [-0.1, -0.05) is 54.6 Å². The molecule has 0 aliphatic carbocycles. The Morgan fingerprint density at radius 3 is 2.03 bits per heavy atom. The molecule has 0 atom stereocenters. The van der Waals surface area contributed by atoms with Crippen LogP contribution in [0.5, 0.6) is 0 Å². The van der Waals surface area contributed by atoms with E-state index in [0.717, 1.165) is 16.9 Å². The van der Waals surface area contributed by atoms with Crippen molar-refractivity contribution >= 4 is 34.8 Å². The molecule has 0 aliphatic heterocycles. The van der Waals surface area contributed by atoms with E-state index < -0.39 is 0 Å². The zero-order valence-corrected chi connectivity index (χ0v) is 22.1. The Morgan fingerprint density at radius 2 is 1.36 bits per heavy atom. The predicted molar refractivity (Wildman–Crippen MR) is 156 cm³/mol. The molecule has 0 aromatic heterocycles. The van der Waals surface area contributed by atoms with Crippen LogP contribution in [0, 0.1) is 0 Å². The van der Waals surface area contributed by atoms with Crippen molar-refractivity contribution in [1.29, 1.82) is 0 Å². The van der Waals surface area contributed by atoms with E-state index in [-0.39, 0.29) is 24.3 Å². The van der Waals surface area contributed by atoms with Crippen molar-refractivity contribution in [2.45, 2.75) is 13.5 Å². The molecule has 4 aromatic rings. The summed E-state index contributed by atoms with van der Waals surface area (Å²) < 4.78 is 0. The molecule has 3 amide bonds. The minimum absolute atomic E-state index is 0.0322. The number of hydrogen-bond acceptors (Lipinski definition) is 4. The molecule has 4 rings (SSSR count). The van der Waals surface area contributed by atoms with Crippen molar-refractivity contribution in [3.8, 4) is 0 Å². The Morgan fingerprint density at radius 1 is 0.692 bits per heavy atom. The summed E-state index contributed by atoms with van der Waals surface area (Å²) in [6, 6.07) is 33.3. The Bertz CT molecular complexity index is 1410. The van der Waals surface area contributed by atoms with Crippen LogP contribution in [0.2, 0.25) is 0 Å². The van der Waals surface area contributed by atoms with Gasteiger partial charge in [-0.3, -0.25) is 14.4 Å². The molecule has 0 radical (unpaired) electrons. The van der Waals surface area contributed by atoms with E-state index in [9.17, 15) is 14.4 Å². The number of carbonyl (C=O) groups is 3. The van der Waals surface area contributed by atoms with Gasteiger partial charge in [0.05, 0.1) is 6.54 Å². The average Bonchev–Trinajstić information content (AvgIpc) is 2.97. The van der Waals surface area contributed by atoms with E-state index >= 15 is 0 Å². The number of para-hydroxylation sites is 1. The Balaban J connectivity index is 1.30. The van der Waals surface area contributed by atoms with Crippen LogP contribution >= 0.6 is 0 Å². The summed E-state index contributed by atoms with van der Waals surface area (Å²) in [5.74, 6) is -0.466. The van der Waals surface area contributed by atoms with Gasteiger partial charge < -0.3 is 20.4 Å². The minimum Gasteiger partial charge on any atom is -0.376 e. The molecule has 0 fully saturated rings. The smallest absolute Gasteiger partial charge is 0.258 e. The molecule has 0 spiro atoms. The molecular weight excluding hydrogens is 488 g/mol. The SMILES string of the molecule is CCN(C(=O)c1ccc(NCC(=O)Nc2cccc(C(=O)N(C)Cc3ccccc3)c2)cc1)c1ccccc1. The highest BCUT2D eigenvalue weighted by Gasteiger charge is 2.16. The molecule has 0 saturated carbocycles. The monoisotopic (exact) mass is 520 g/mol. The third-order valence-electron chi connectivity index (χ3n) is 6.22. The number of carbonyl (C=O) groups excluding carboxylic acids is 3. The van der Waals surface area contributed by atoms with E-state index in [4.69, 9.17) is 0 Å². The second-order valence-electron chi connectivity index (χ2n) is 9.09. The van der Waals surface area contributed by atoms with Gasteiger partial charge in [0.1, 0.15) is 0 Å². The van der Waals surface area contributed by atoms with Crippen LogP contribution in [0.15, 0.2) is 109 Å². The van der Waals surface area contributed by atoms with Gasteiger partial charge in [0.15, 0.2) is 0 Å². The van der Waals surface area contributed by atoms with Gasteiger partial charge in [-0.05, 0) is 67.1 Å². The van der Waals surface area contributed by atoms with Crippen LogP contribution in [0.1, 0.15) is 33.2 Å². The Kier molecular flexibility index (Phi) is 9.08. The molecule has 0 unspecified atom stereocenters. The molecular formula is C32H32N4O3. The zero-order chi connectivity index (χ0) is 27.6. The van der Waals surface area contributed by atoms with Crippen LogP contribution in [0.3, 0.4) is 0 Å². The first kappa shape index (κ1) is 27.1. The van der Waals surface area contributed by atoms with Gasteiger partial charge in [-0.15, -0.1) is 0 Å². The standard InChI is InChI=1S/C32H32N4O3/c1-3-36(29-15-8-5-9-16-29)32(39)25-17-19-27(20-18-25)33-22-30(37)34-28-14-10-13-26(21-28)31(38)35(2)23-24-11-6-4-7-12-24/h4-21,33H,3,22-23H2,1-2H3,(H,34,37). The molecule has 7 nitrogen and oxygen atoms in total. The third kappa shape index (κ3) is 7.32. The average molecular weight is 521 g/mol. The normalized spacial score (nSPS) is 10.4. The lowest BCUT2D eigenvalue weighted by molar-refractivity contribution is -0.114. The van der Waals surface area contributed by atoms with Crippen molar-refractivity contribution in [3.05, 3.63) is 126 Å². The lowest BCUT2D eigenvalue weighted by Crippen LogP contribution is -2.30. The topological polar surface area (TPSA) is 81.8 Å². The molecule has 2 N–H and O–H groups in total. The maximum atomic E-state index is 13.0. The summed E-state index contributed by atoms with van der Waals surface area (Å²) in [4.78, 5) is 41.8. The lowest BCUT2D eigenvalue weighted by Gasteiger charge is -2.21. The van der Waals surface area contributed by atoms with Crippen molar-refractivity contribution in [2.24, 2.45) is 0 Å². The molecule has 4 aromatic carbocycles. The van der Waals surface area contributed by atoms with Crippen LogP contribution < -0.4 is 15.5 Å². The van der Waals surface area contributed by atoms with E-state index in [1.165, 1.54) is 0 Å². The van der Waals surface area contributed by atoms with Crippen molar-refractivity contribution in [3.63, 3.8) is 0 Å². The van der Waals surface area contributed by atoms with Crippen molar-refractivity contribution in [1.82, 2.24) is 4.90 Å². The highest BCUT2D eigenvalue weighted by molar-refractivity contribution is 6.06. The number of hydrogen-bond donors (Lipinski definition) is 2. The van der Waals surface area contributed by atoms with E-state index in [1.54, 1.807) is 65.4 Å². The van der Waals surface area contributed by atoms with Crippen molar-refractivity contribution in [2.75, 3.05) is 35.7 Å². The molecule has 0 aliphatic rings. The fourth-order valence-corrected chi connectivity index (χ4v) is 4.20. The first-order valence-electron chi connectivity index (χ1n) is 12.8. The molecule has 0 bridgehead atoms. The molecule has 7 heteroatoms. The molecule has 0 saturated heterocycles. The minimum atomic E-state index is -0.251. The largest absolute Gasteiger partial charge is 0.376 e. The van der Waals surface area contributed by atoms with Gasteiger partial charge in [-0.2, -0.15) is 0 Å². The number of amides is 3. The van der Waals surface area contributed by atoms with Crippen LogP contribution in [-0.2, 0) is 11.3 Å². The number of anilines is 3. The molecule has 39 heavy (non-hydrogen) atoms. The number of benzene rings is 4. The Hall–Kier alpha value is -4.91. The van der Waals surface area contributed by atoms with Gasteiger partial charge >= 0.3 is 0 Å². The van der Waals surface area contributed by atoms with Crippen molar-refractivity contribution < 1.29 is 14.4 Å². The quantitative estimate of drug-likeness (QED) is 0.282. The first-order valence-corrected chi connectivity index (χ1v) is 12.8. The van der Waals surface area contributed by atoms with Gasteiger partial charge in [0, 0.05) is 48.3 Å². The maximum Gasteiger partial charge on any atom is 0.258 e. The lowest BCUT2D eigenvalue weighted by atomic mass is 10.1. The summed E-state index contributed by atoms with van der Waals surface area (Å²) in [7, 11) is 1.75. The molecule has 198 valence electrons. The van der Waals surface area contributed by atoms with E-state index in [2.05, 4.69) is 10.6 Å². The van der Waals surface area contributed by atoms with Crippen LogP contribution in [0.4, 0.5) is 17.1 Å². The second kappa shape index (κ2) is 13.1.